The summed E-state index contributed by atoms with van der Waals surface area (Å²) >= 11 is 0. The molecular formula is C31H31NO8. The average Bonchev–Trinajstić information content (AvgIpc) is 2.97. The van der Waals surface area contributed by atoms with Crippen LogP contribution in [0, 0.1) is 6.92 Å². The minimum atomic E-state index is -0.455. The van der Waals surface area contributed by atoms with Crippen LogP contribution in [0.2, 0.25) is 0 Å². The summed E-state index contributed by atoms with van der Waals surface area (Å²) < 4.78 is 33.6. The summed E-state index contributed by atoms with van der Waals surface area (Å²) in [6.07, 6.45) is 0.622. The van der Waals surface area contributed by atoms with Crippen LogP contribution in [0.5, 0.6) is 28.7 Å². The number of aryl methyl sites for hydroxylation is 1. The van der Waals surface area contributed by atoms with Gasteiger partial charge in [-0.1, -0.05) is 0 Å². The van der Waals surface area contributed by atoms with Crippen molar-refractivity contribution in [3.63, 3.8) is 0 Å². The predicted molar refractivity (Wildman–Crippen MR) is 149 cm³/mol. The Bertz CT molecular complexity index is 1630. The Labute approximate surface area is 231 Å². The van der Waals surface area contributed by atoms with Crippen LogP contribution in [0.15, 0.2) is 63.8 Å². The van der Waals surface area contributed by atoms with Crippen molar-refractivity contribution >= 4 is 16.9 Å². The minimum absolute atomic E-state index is 0.147. The van der Waals surface area contributed by atoms with Gasteiger partial charge in [-0.05, 0) is 66.4 Å². The Morgan fingerprint density at radius 3 is 2.33 bits per heavy atom. The van der Waals surface area contributed by atoms with Crippen LogP contribution >= 0.6 is 0 Å². The zero-order valence-electron chi connectivity index (χ0n) is 23.1. The molecule has 3 aromatic carbocycles. The highest BCUT2D eigenvalue weighted by Gasteiger charge is 2.34. The second-order valence-corrected chi connectivity index (χ2v) is 9.45. The highest BCUT2D eigenvalue weighted by molar-refractivity contribution is 5.97. The van der Waals surface area contributed by atoms with Crippen molar-refractivity contribution in [3.05, 3.63) is 87.3 Å². The quantitative estimate of drug-likeness (QED) is 0.287. The molecule has 0 spiro atoms. The van der Waals surface area contributed by atoms with Gasteiger partial charge in [0.1, 0.15) is 29.4 Å². The standard InChI is InChI=1S/C31H31NO8/c1-18-12-30(33)40-27-15-21(7-8-22(18)27)39-17-25-24-16-29(38-5)28(37-4)13-19(24)10-11-32(25)31(34)23-9-6-20(35-2)14-26(23)36-3/h6-9,12-16,25H,10-11,17H2,1-5H3/t25-/m1/s1. The first-order valence-electron chi connectivity index (χ1n) is 12.8. The molecule has 1 aliphatic rings. The van der Waals surface area contributed by atoms with E-state index in [1.807, 2.05) is 31.2 Å². The van der Waals surface area contributed by atoms with Gasteiger partial charge in [0, 0.05) is 30.1 Å². The summed E-state index contributed by atoms with van der Waals surface area (Å²) in [5.41, 5.74) is 3.19. The number of methoxy groups -OCH3 is 4. The van der Waals surface area contributed by atoms with E-state index in [0.29, 0.717) is 52.9 Å². The Kier molecular flexibility index (Phi) is 7.55. The van der Waals surface area contributed by atoms with Crippen molar-refractivity contribution in [2.24, 2.45) is 0 Å². The molecule has 0 unspecified atom stereocenters. The number of hydrogen-bond acceptors (Lipinski definition) is 8. The zero-order chi connectivity index (χ0) is 28.4. The fourth-order valence-corrected chi connectivity index (χ4v) is 5.15. The van der Waals surface area contributed by atoms with E-state index in [1.165, 1.54) is 13.2 Å². The highest BCUT2D eigenvalue weighted by atomic mass is 16.5. The third-order valence-corrected chi connectivity index (χ3v) is 7.23. The molecule has 4 aromatic rings. The molecule has 0 saturated carbocycles. The van der Waals surface area contributed by atoms with Crippen molar-refractivity contribution in [1.82, 2.24) is 4.90 Å². The van der Waals surface area contributed by atoms with E-state index in [0.717, 1.165) is 22.1 Å². The number of benzene rings is 3. The van der Waals surface area contributed by atoms with Crippen molar-refractivity contribution < 1.29 is 32.9 Å². The van der Waals surface area contributed by atoms with Gasteiger partial charge in [0.25, 0.3) is 5.91 Å². The molecular weight excluding hydrogens is 514 g/mol. The number of amides is 1. The summed E-state index contributed by atoms with van der Waals surface area (Å²) in [5.74, 6) is 2.51. The first-order valence-corrected chi connectivity index (χ1v) is 12.8. The summed E-state index contributed by atoms with van der Waals surface area (Å²) in [4.78, 5) is 27.7. The first-order chi connectivity index (χ1) is 19.4. The third kappa shape index (κ3) is 5.02. The van der Waals surface area contributed by atoms with Crippen LogP contribution in [0.4, 0.5) is 0 Å². The lowest BCUT2D eigenvalue weighted by Gasteiger charge is -2.38. The predicted octanol–water partition coefficient (Wildman–Crippen LogP) is 4.95. The Morgan fingerprint density at radius 1 is 0.875 bits per heavy atom. The van der Waals surface area contributed by atoms with Crippen LogP contribution in [-0.2, 0) is 6.42 Å². The zero-order valence-corrected chi connectivity index (χ0v) is 23.1. The molecule has 0 fully saturated rings. The number of carbonyl (C=O) groups excluding carboxylic acids is 1. The van der Waals surface area contributed by atoms with Gasteiger partial charge >= 0.3 is 5.63 Å². The van der Waals surface area contributed by atoms with Gasteiger partial charge in [-0.15, -0.1) is 0 Å². The van der Waals surface area contributed by atoms with Gasteiger partial charge in [0.15, 0.2) is 11.5 Å². The largest absolute Gasteiger partial charge is 0.497 e. The van der Waals surface area contributed by atoms with Crippen molar-refractivity contribution in [2.45, 2.75) is 19.4 Å². The summed E-state index contributed by atoms with van der Waals surface area (Å²) in [6, 6.07) is 15.4. The average molecular weight is 546 g/mol. The van der Waals surface area contributed by atoms with E-state index in [9.17, 15) is 9.59 Å². The molecule has 0 N–H and O–H groups in total. The van der Waals surface area contributed by atoms with Crippen molar-refractivity contribution in [1.29, 1.82) is 0 Å². The van der Waals surface area contributed by atoms with E-state index in [2.05, 4.69) is 0 Å². The highest BCUT2D eigenvalue weighted by Crippen LogP contribution is 2.40. The van der Waals surface area contributed by atoms with E-state index < -0.39 is 11.7 Å². The van der Waals surface area contributed by atoms with Crippen LogP contribution in [-0.4, -0.2) is 52.4 Å². The lowest BCUT2D eigenvalue weighted by atomic mass is 9.91. The maximum atomic E-state index is 14.0. The van der Waals surface area contributed by atoms with Crippen LogP contribution in [0.1, 0.15) is 33.1 Å². The SMILES string of the molecule is COc1ccc(C(=O)N2CCc3cc(OC)c(OC)cc3[C@H]2COc2ccc3c(C)cc(=O)oc3c2)c(OC)c1. The smallest absolute Gasteiger partial charge is 0.336 e. The van der Waals surface area contributed by atoms with Gasteiger partial charge in [0.05, 0.1) is 40.0 Å². The Hall–Kier alpha value is -4.66. The number of ether oxygens (including phenoxy) is 5. The number of fused-ring (bicyclic) bond motifs is 2. The molecule has 1 amide bonds. The topological polar surface area (TPSA) is 96.7 Å². The fraction of sp³-hybridized carbons (Fsp3) is 0.290. The van der Waals surface area contributed by atoms with Crippen molar-refractivity contribution in [2.75, 3.05) is 41.6 Å². The lowest BCUT2D eigenvalue weighted by Crippen LogP contribution is -2.42. The minimum Gasteiger partial charge on any atom is -0.497 e. The fourth-order valence-electron chi connectivity index (χ4n) is 5.15. The van der Waals surface area contributed by atoms with Crippen LogP contribution in [0.25, 0.3) is 11.0 Å². The molecule has 0 aliphatic carbocycles. The third-order valence-electron chi connectivity index (χ3n) is 7.23. The van der Waals surface area contributed by atoms with Crippen LogP contribution < -0.4 is 29.3 Å². The Morgan fingerprint density at radius 2 is 1.60 bits per heavy atom. The van der Waals surface area contributed by atoms with Gasteiger partial charge < -0.3 is 33.0 Å². The monoisotopic (exact) mass is 545 g/mol. The number of hydrogen-bond donors (Lipinski definition) is 0. The maximum absolute atomic E-state index is 14.0. The molecule has 40 heavy (non-hydrogen) atoms. The second-order valence-electron chi connectivity index (χ2n) is 9.45. The summed E-state index contributed by atoms with van der Waals surface area (Å²) in [6.45, 7) is 2.46. The normalized spacial score (nSPS) is 14.4. The number of nitrogens with zero attached hydrogens (tertiary/aromatic N) is 1. The number of rotatable bonds is 8. The molecule has 208 valence electrons. The van der Waals surface area contributed by atoms with Crippen molar-refractivity contribution in [3.8, 4) is 28.7 Å². The van der Waals surface area contributed by atoms with E-state index in [4.69, 9.17) is 28.1 Å². The molecule has 0 bridgehead atoms. The van der Waals surface area contributed by atoms with E-state index >= 15 is 0 Å². The van der Waals surface area contributed by atoms with E-state index in [1.54, 1.807) is 50.5 Å². The van der Waals surface area contributed by atoms with Gasteiger partial charge in [0.2, 0.25) is 0 Å². The van der Waals surface area contributed by atoms with Crippen LogP contribution in [0.3, 0.4) is 0 Å². The summed E-state index contributed by atoms with van der Waals surface area (Å²) in [5, 5.41) is 0.829. The Balaban J connectivity index is 1.53. The van der Waals surface area contributed by atoms with Gasteiger partial charge in [-0.3, -0.25) is 4.79 Å². The molecule has 2 heterocycles. The maximum Gasteiger partial charge on any atom is 0.336 e. The molecule has 0 radical (unpaired) electrons. The lowest BCUT2D eigenvalue weighted by molar-refractivity contribution is 0.0586. The molecule has 1 atom stereocenters. The van der Waals surface area contributed by atoms with Gasteiger partial charge in [-0.25, -0.2) is 4.79 Å². The first kappa shape index (κ1) is 26.9. The molecule has 1 aromatic heterocycles. The summed E-state index contributed by atoms with van der Waals surface area (Å²) in [7, 11) is 6.26. The van der Waals surface area contributed by atoms with E-state index in [-0.39, 0.29) is 12.5 Å². The molecule has 1 aliphatic heterocycles. The van der Waals surface area contributed by atoms with Gasteiger partial charge in [-0.2, -0.15) is 0 Å². The molecule has 5 rings (SSSR count). The molecule has 9 nitrogen and oxygen atoms in total. The second kappa shape index (κ2) is 11.2. The molecule has 9 heteroatoms. The molecule has 0 saturated heterocycles. The number of carbonyl (C=O) groups is 1.